The number of likely N-dealkylation sites (tertiary alicyclic amines) is 1. The molecule has 0 radical (unpaired) electrons. The molecule has 3 N–H and O–H groups in total. The van der Waals surface area contributed by atoms with E-state index in [1.807, 2.05) is 48.5 Å². The monoisotopic (exact) mass is 479 g/mol. The molecule has 1 unspecified atom stereocenters. The number of carbonyl (C=O) groups is 4. The minimum atomic E-state index is -1.31. The summed E-state index contributed by atoms with van der Waals surface area (Å²) in [6, 6.07) is 14.5. The highest BCUT2D eigenvalue weighted by Gasteiger charge is 2.30. The largest absolute Gasteiger partial charge is 0.481 e. The zero-order valence-electron chi connectivity index (χ0n) is 19.4. The molecule has 2 aliphatic rings. The number of nitrogens with one attached hydrogen (secondary N) is 2. The molecule has 9 nitrogen and oxygen atoms in total. The number of benzene rings is 2. The first-order valence-corrected chi connectivity index (χ1v) is 11.8. The minimum absolute atomic E-state index is 0.0472. The molecule has 2 aromatic rings. The normalized spacial score (nSPS) is 15.1. The van der Waals surface area contributed by atoms with Gasteiger partial charge in [-0.05, 0) is 35.1 Å². The molecule has 3 amide bonds. The lowest BCUT2D eigenvalue weighted by Crippen LogP contribution is -2.48. The number of carbonyl (C=O) groups excluding carboxylic acids is 3. The van der Waals surface area contributed by atoms with Crippen LogP contribution in [0.15, 0.2) is 48.5 Å². The van der Waals surface area contributed by atoms with Crippen molar-refractivity contribution in [1.29, 1.82) is 0 Å². The zero-order valence-corrected chi connectivity index (χ0v) is 19.4. The van der Waals surface area contributed by atoms with E-state index in [-0.39, 0.29) is 31.4 Å². The van der Waals surface area contributed by atoms with E-state index in [0.717, 1.165) is 48.2 Å². The van der Waals surface area contributed by atoms with Crippen LogP contribution in [0.1, 0.15) is 42.7 Å². The van der Waals surface area contributed by atoms with Gasteiger partial charge in [-0.1, -0.05) is 48.5 Å². The van der Waals surface area contributed by atoms with Crippen LogP contribution in [0.2, 0.25) is 0 Å². The maximum atomic E-state index is 12.5. The van der Waals surface area contributed by atoms with Gasteiger partial charge >= 0.3 is 12.1 Å². The summed E-state index contributed by atoms with van der Waals surface area (Å²) in [7, 11) is 0. The van der Waals surface area contributed by atoms with Gasteiger partial charge in [0.05, 0.1) is 6.42 Å². The van der Waals surface area contributed by atoms with E-state index in [1.54, 1.807) is 4.90 Å². The summed E-state index contributed by atoms with van der Waals surface area (Å²) in [6.07, 6.45) is 0.597. The van der Waals surface area contributed by atoms with Gasteiger partial charge in [0.15, 0.2) is 0 Å². The molecule has 1 fully saturated rings. The number of aliphatic carboxylic acids is 1. The van der Waals surface area contributed by atoms with Crippen LogP contribution in [0, 0.1) is 0 Å². The Balaban J connectivity index is 1.32. The molecule has 184 valence electrons. The maximum absolute atomic E-state index is 12.5. The van der Waals surface area contributed by atoms with Gasteiger partial charge in [0.25, 0.3) is 0 Å². The molecular formula is C26H29N3O6. The van der Waals surface area contributed by atoms with Crippen LogP contribution >= 0.6 is 0 Å². The van der Waals surface area contributed by atoms with E-state index in [0.29, 0.717) is 0 Å². The molecule has 0 bridgehead atoms. The number of rotatable bonds is 9. The molecule has 0 spiro atoms. The first kappa shape index (κ1) is 24.3. The van der Waals surface area contributed by atoms with E-state index in [4.69, 9.17) is 4.74 Å². The van der Waals surface area contributed by atoms with Crippen LogP contribution in [0.3, 0.4) is 0 Å². The third-order valence-electron chi connectivity index (χ3n) is 6.43. The molecule has 2 aromatic carbocycles. The first-order chi connectivity index (χ1) is 16.9. The third kappa shape index (κ3) is 5.79. The van der Waals surface area contributed by atoms with Crippen LogP contribution in [-0.2, 0) is 19.1 Å². The number of fused-ring (bicyclic) bond motifs is 3. The van der Waals surface area contributed by atoms with Crippen LogP contribution in [0.25, 0.3) is 11.1 Å². The second-order valence-corrected chi connectivity index (χ2v) is 8.75. The van der Waals surface area contributed by atoms with Gasteiger partial charge in [-0.15, -0.1) is 0 Å². The molecule has 4 rings (SSSR count). The number of carboxylic acid groups (broad SMARTS) is 1. The fourth-order valence-electron chi connectivity index (χ4n) is 4.71. The number of carboxylic acids is 1. The zero-order chi connectivity index (χ0) is 24.8. The van der Waals surface area contributed by atoms with Gasteiger partial charge in [0.1, 0.15) is 12.6 Å². The maximum Gasteiger partial charge on any atom is 0.407 e. The van der Waals surface area contributed by atoms with E-state index in [9.17, 15) is 24.3 Å². The van der Waals surface area contributed by atoms with Gasteiger partial charge in [-0.2, -0.15) is 0 Å². The average Bonchev–Trinajstić information content (AvgIpc) is 3.49. The van der Waals surface area contributed by atoms with Crippen molar-refractivity contribution >= 4 is 23.9 Å². The topological polar surface area (TPSA) is 125 Å². The van der Waals surface area contributed by atoms with Crippen molar-refractivity contribution < 1.29 is 29.0 Å². The lowest BCUT2D eigenvalue weighted by atomic mass is 9.98. The van der Waals surface area contributed by atoms with E-state index in [2.05, 4.69) is 10.6 Å². The van der Waals surface area contributed by atoms with Gasteiger partial charge in [0, 0.05) is 32.0 Å². The van der Waals surface area contributed by atoms with Crippen LogP contribution in [0.4, 0.5) is 4.79 Å². The number of amides is 3. The summed E-state index contributed by atoms with van der Waals surface area (Å²) in [5, 5.41) is 14.1. The molecule has 0 saturated carbocycles. The number of hydrogen-bond acceptors (Lipinski definition) is 5. The summed E-state index contributed by atoms with van der Waals surface area (Å²) >= 11 is 0. The van der Waals surface area contributed by atoms with Crippen molar-refractivity contribution in [2.45, 2.75) is 37.6 Å². The van der Waals surface area contributed by atoms with Crippen molar-refractivity contribution in [1.82, 2.24) is 15.5 Å². The Morgan fingerprint density at radius 3 is 2.17 bits per heavy atom. The number of nitrogens with zero attached hydrogens (tertiary/aromatic N) is 1. The number of ether oxygens (including phenoxy) is 1. The fraction of sp³-hybridized carbons (Fsp3) is 0.385. The molecule has 1 heterocycles. The Kier molecular flexibility index (Phi) is 7.64. The molecule has 1 aliphatic heterocycles. The lowest BCUT2D eigenvalue weighted by molar-refractivity contribution is -0.140. The highest BCUT2D eigenvalue weighted by atomic mass is 16.5. The second-order valence-electron chi connectivity index (χ2n) is 8.75. The van der Waals surface area contributed by atoms with Crippen molar-refractivity contribution in [2.75, 3.05) is 26.2 Å². The smallest absolute Gasteiger partial charge is 0.407 e. The van der Waals surface area contributed by atoms with Gasteiger partial charge < -0.3 is 25.4 Å². The number of hydrogen-bond donors (Lipinski definition) is 3. The molecule has 9 heteroatoms. The predicted molar refractivity (Wildman–Crippen MR) is 128 cm³/mol. The molecule has 1 atom stereocenters. The summed E-state index contributed by atoms with van der Waals surface area (Å²) in [4.78, 5) is 50.2. The van der Waals surface area contributed by atoms with Crippen molar-refractivity contribution in [3.8, 4) is 11.1 Å². The quantitative estimate of drug-likeness (QED) is 0.508. The van der Waals surface area contributed by atoms with Gasteiger partial charge in [-0.3, -0.25) is 14.4 Å². The summed E-state index contributed by atoms with van der Waals surface area (Å²) in [5.41, 5.74) is 4.26. The summed E-state index contributed by atoms with van der Waals surface area (Å²) in [6.45, 7) is 1.55. The second kappa shape index (κ2) is 11.0. The standard InChI is InChI=1S/C26H29N3O6/c30-23(29-13-5-6-14-29)11-12-27-25(33)22(15-24(31)32)28-26(34)35-16-21-19-9-3-1-7-17(19)18-8-2-4-10-20(18)21/h1-4,7-10,21-22H,5-6,11-16H2,(H,27,33)(H,28,34)(H,31,32). The van der Waals surface area contributed by atoms with Crippen molar-refractivity contribution in [3.05, 3.63) is 59.7 Å². The molecule has 0 aromatic heterocycles. The third-order valence-corrected chi connectivity index (χ3v) is 6.43. The highest BCUT2D eigenvalue weighted by Crippen LogP contribution is 2.44. The summed E-state index contributed by atoms with van der Waals surface area (Å²) in [5.74, 6) is -2.12. The number of alkyl carbamates (subject to hydrolysis) is 1. The highest BCUT2D eigenvalue weighted by molar-refractivity contribution is 5.89. The SMILES string of the molecule is O=C(O)CC(NC(=O)OCC1c2ccccc2-c2ccccc21)C(=O)NCCC(=O)N1CCCC1. The van der Waals surface area contributed by atoms with E-state index < -0.39 is 30.4 Å². The Bertz CT molecular complexity index is 1070. The molecule has 1 aliphatic carbocycles. The van der Waals surface area contributed by atoms with E-state index in [1.165, 1.54) is 0 Å². The van der Waals surface area contributed by atoms with Gasteiger partial charge in [0.2, 0.25) is 11.8 Å². The van der Waals surface area contributed by atoms with Crippen molar-refractivity contribution in [3.63, 3.8) is 0 Å². The minimum Gasteiger partial charge on any atom is -0.481 e. The van der Waals surface area contributed by atoms with Crippen LogP contribution < -0.4 is 10.6 Å². The Morgan fingerprint density at radius 2 is 1.57 bits per heavy atom. The van der Waals surface area contributed by atoms with E-state index >= 15 is 0 Å². The fourth-order valence-corrected chi connectivity index (χ4v) is 4.71. The van der Waals surface area contributed by atoms with Crippen LogP contribution in [0.5, 0.6) is 0 Å². The summed E-state index contributed by atoms with van der Waals surface area (Å²) < 4.78 is 5.43. The average molecular weight is 480 g/mol. The molecule has 35 heavy (non-hydrogen) atoms. The van der Waals surface area contributed by atoms with Crippen LogP contribution in [-0.4, -0.2) is 66.2 Å². The Hall–Kier alpha value is -3.88. The van der Waals surface area contributed by atoms with Crippen molar-refractivity contribution in [2.24, 2.45) is 0 Å². The predicted octanol–water partition coefficient (Wildman–Crippen LogP) is 2.50. The molecular weight excluding hydrogens is 450 g/mol. The Morgan fingerprint density at radius 1 is 0.971 bits per heavy atom. The molecule has 1 saturated heterocycles. The Labute approximate surface area is 203 Å². The first-order valence-electron chi connectivity index (χ1n) is 11.8. The lowest BCUT2D eigenvalue weighted by Gasteiger charge is -2.19. The van der Waals surface area contributed by atoms with Gasteiger partial charge in [-0.25, -0.2) is 4.79 Å².